The van der Waals surface area contributed by atoms with Gasteiger partial charge in [0.2, 0.25) is 5.82 Å². The third-order valence-electron chi connectivity index (χ3n) is 5.05. The maximum Gasteiger partial charge on any atom is 0.449 e. The van der Waals surface area contributed by atoms with Gasteiger partial charge in [-0.25, -0.2) is 4.98 Å². The van der Waals surface area contributed by atoms with E-state index in [1.807, 2.05) is 17.0 Å². The summed E-state index contributed by atoms with van der Waals surface area (Å²) >= 11 is 0. The standard InChI is InChI=1S/C23H28F3N3O4/c1-28(13-16-8-9-20(32-3)21(12-16)33-11-10-31-2)14-17(30)15-29-19-7-5-4-6-18(19)27-22(29)23(24,25)26/h4-9,12,17,30H,10-11,13-15H2,1-3H3. The van der Waals surface area contributed by atoms with Gasteiger partial charge in [-0.1, -0.05) is 18.2 Å². The molecule has 0 saturated heterocycles. The number of fused-ring (bicyclic) bond motifs is 1. The molecule has 0 aliphatic heterocycles. The second kappa shape index (κ2) is 10.9. The summed E-state index contributed by atoms with van der Waals surface area (Å²) in [5.74, 6) is 0.142. The fourth-order valence-corrected chi connectivity index (χ4v) is 3.65. The Hall–Kier alpha value is -2.82. The fraction of sp³-hybridized carbons (Fsp3) is 0.435. The lowest BCUT2D eigenvalue weighted by molar-refractivity contribution is -0.147. The summed E-state index contributed by atoms with van der Waals surface area (Å²) in [6.07, 6.45) is -5.66. The summed E-state index contributed by atoms with van der Waals surface area (Å²) in [5.41, 5.74) is 1.48. The number of nitrogens with zero attached hydrogens (tertiary/aromatic N) is 3. The molecule has 180 valence electrons. The average Bonchev–Trinajstić information content (AvgIpc) is 3.13. The number of halogens is 3. The second-order valence-corrected chi connectivity index (χ2v) is 7.71. The minimum absolute atomic E-state index is 0.162. The Morgan fingerprint density at radius 1 is 1.09 bits per heavy atom. The van der Waals surface area contributed by atoms with E-state index in [9.17, 15) is 18.3 Å². The molecule has 7 nitrogen and oxygen atoms in total. The quantitative estimate of drug-likeness (QED) is 0.435. The Morgan fingerprint density at radius 3 is 2.55 bits per heavy atom. The molecule has 3 aromatic rings. The van der Waals surface area contributed by atoms with Crippen molar-refractivity contribution in [2.45, 2.75) is 25.4 Å². The molecule has 1 unspecified atom stereocenters. The number of aliphatic hydroxyl groups is 1. The van der Waals surface area contributed by atoms with Crippen LogP contribution in [0.5, 0.6) is 11.5 Å². The van der Waals surface area contributed by atoms with Crippen LogP contribution in [-0.4, -0.2) is 66.7 Å². The van der Waals surface area contributed by atoms with Crippen molar-refractivity contribution in [3.05, 3.63) is 53.9 Å². The van der Waals surface area contributed by atoms with Gasteiger partial charge in [0.1, 0.15) is 6.61 Å². The molecule has 0 aliphatic rings. The molecule has 3 rings (SSSR count). The van der Waals surface area contributed by atoms with E-state index in [-0.39, 0.29) is 18.6 Å². The zero-order chi connectivity index (χ0) is 24.0. The van der Waals surface area contributed by atoms with Crippen molar-refractivity contribution in [2.75, 3.05) is 41.0 Å². The molecule has 10 heteroatoms. The first kappa shape index (κ1) is 24.8. The van der Waals surface area contributed by atoms with Gasteiger partial charge in [-0.2, -0.15) is 13.2 Å². The van der Waals surface area contributed by atoms with E-state index < -0.39 is 18.1 Å². The van der Waals surface area contributed by atoms with Crippen molar-refractivity contribution in [1.82, 2.24) is 14.5 Å². The number of ether oxygens (including phenoxy) is 3. The largest absolute Gasteiger partial charge is 0.493 e. The Bertz CT molecular complexity index is 1060. The van der Waals surface area contributed by atoms with E-state index in [1.54, 1.807) is 45.5 Å². The highest BCUT2D eigenvalue weighted by Crippen LogP contribution is 2.32. The van der Waals surface area contributed by atoms with Crippen LogP contribution in [0.1, 0.15) is 11.4 Å². The Balaban J connectivity index is 1.68. The minimum Gasteiger partial charge on any atom is -0.493 e. The predicted molar refractivity (Wildman–Crippen MR) is 117 cm³/mol. The average molecular weight is 467 g/mol. The van der Waals surface area contributed by atoms with Crippen LogP contribution in [0.2, 0.25) is 0 Å². The van der Waals surface area contributed by atoms with Crippen molar-refractivity contribution in [3.63, 3.8) is 0 Å². The molecule has 0 bridgehead atoms. The summed E-state index contributed by atoms with van der Waals surface area (Å²) in [6.45, 7) is 1.19. The van der Waals surface area contributed by atoms with Gasteiger partial charge in [0, 0.05) is 20.2 Å². The maximum atomic E-state index is 13.5. The highest BCUT2D eigenvalue weighted by molar-refractivity contribution is 5.76. The number of para-hydroxylation sites is 2. The highest BCUT2D eigenvalue weighted by Gasteiger charge is 2.38. The van der Waals surface area contributed by atoms with Crippen molar-refractivity contribution < 1.29 is 32.5 Å². The third-order valence-corrected chi connectivity index (χ3v) is 5.05. The lowest BCUT2D eigenvalue weighted by atomic mass is 10.2. The third kappa shape index (κ3) is 6.37. The number of hydrogen-bond donors (Lipinski definition) is 1. The molecule has 33 heavy (non-hydrogen) atoms. The van der Waals surface area contributed by atoms with Crippen LogP contribution in [0.3, 0.4) is 0 Å². The van der Waals surface area contributed by atoms with Crippen LogP contribution in [0.25, 0.3) is 11.0 Å². The van der Waals surface area contributed by atoms with Crippen molar-refractivity contribution >= 4 is 11.0 Å². The zero-order valence-corrected chi connectivity index (χ0v) is 18.8. The van der Waals surface area contributed by atoms with E-state index in [0.717, 1.165) is 10.1 Å². The number of methoxy groups -OCH3 is 2. The lowest BCUT2D eigenvalue weighted by Gasteiger charge is -2.22. The zero-order valence-electron chi connectivity index (χ0n) is 18.8. The molecule has 0 aliphatic carbocycles. The number of likely N-dealkylation sites (N-methyl/N-ethyl adjacent to an activating group) is 1. The number of alkyl halides is 3. The van der Waals surface area contributed by atoms with Gasteiger partial charge in [-0.15, -0.1) is 0 Å². The molecular weight excluding hydrogens is 439 g/mol. The fourth-order valence-electron chi connectivity index (χ4n) is 3.65. The number of aromatic nitrogens is 2. The smallest absolute Gasteiger partial charge is 0.449 e. The van der Waals surface area contributed by atoms with E-state index in [0.29, 0.717) is 36.8 Å². The van der Waals surface area contributed by atoms with Crippen molar-refractivity contribution in [3.8, 4) is 11.5 Å². The molecule has 0 saturated carbocycles. The number of aliphatic hydroxyl groups excluding tert-OH is 1. The predicted octanol–water partition coefficient (Wildman–Crippen LogP) is 3.58. The lowest BCUT2D eigenvalue weighted by Crippen LogP contribution is -2.32. The van der Waals surface area contributed by atoms with E-state index >= 15 is 0 Å². The first-order chi connectivity index (χ1) is 15.7. The number of rotatable bonds is 11. The maximum absolute atomic E-state index is 13.5. The second-order valence-electron chi connectivity index (χ2n) is 7.71. The Labute approximate surface area is 190 Å². The normalized spacial score (nSPS) is 13.0. The van der Waals surface area contributed by atoms with Crippen LogP contribution in [0, 0.1) is 0 Å². The molecular formula is C23H28F3N3O4. The van der Waals surface area contributed by atoms with Crippen LogP contribution in [-0.2, 0) is 24.0 Å². The Morgan fingerprint density at radius 2 is 1.85 bits per heavy atom. The molecule has 0 radical (unpaired) electrons. The molecule has 2 aromatic carbocycles. The first-order valence-electron chi connectivity index (χ1n) is 10.4. The Kier molecular flexibility index (Phi) is 8.17. The monoisotopic (exact) mass is 467 g/mol. The number of benzene rings is 2. The SMILES string of the molecule is COCCOc1cc(CN(C)CC(O)Cn2c(C(F)(F)F)nc3ccccc32)ccc1OC. The van der Waals surface area contributed by atoms with Crippen LogP contribution in [0.15, 0.2) is 42.5 Å². The van der Waals surface area contributed by atoms with E-state index in [1.165, 1.54) is 6.07 Å². The molecule has 0 spiro atoms. The van der Waals surface area contributed by atoms with Gasteiger partial charge in [0.05, 0.1) is 37.4 Å². The van der Waals surface area contributed by atoms with Gasteiger partial charge in [0.15, 0.2) is 11.5 Å². The minimum atomic E-state index is -4.62. The molecule has 0 fully saturated rings. The van der Waals surface area contributed by atoms with Gasteiger partial charge < -0.3 is 23.9 Å². The van der Waals surface area contributed by atoms with E-state index in [4.69, 9.17) is 14.2 Å². The summed E-state index contributed by atoms with van der Waals surface area (Å²) in [5, 5.41) is 10.6. The summed E-state index contributed by atoms with van der Waals surface area (Å²) in [6, 6.07) is 11.9. The molecule has 1 aromatic heterocycles. The molecule has 0 amide bonds. The number of imidazole rings is 1. The van der Waals surface area contributed by atoms with Crippen LogP contribution in [0.4, 0.5) is 13.2 Å². The summed E-state index contributed by atoms with van der Waals surface area (Å²) in [7, 11) is 4.92. The van der Waals surface area contributed by atoms with Gasteiger partial charge in [-0.3, -0.25) is 4.90 Å². The van der Waals surface area contributed by atoms with E-state index in [2.05, 4.69) is 4.98 Å². The van der Waals surface area contributed by atoms with Crippen molar-refractivity contribution in [1.29, 1.82) is 0 Å². The summed E-state index contributed by atoms with van der Waals surface area (Å²) in [4.78, 5) is 5.55. The van der Waals surface area contributed by atoms with Crippen molar-refractivity contribution in [2.24, 2.45) is 0 Å². The first-order valence-corrected chi connectivity index (χ1v) is 10.4. The highest BCUT2D eigenvalue weighted by atomic mass is 19.4. The van der Waals surface area contributed by atoms with Gasteiger partial charge in [0.25, 0.3) is 0 Å². The molecule has 1 heterocycles. The molecule has 1 atom stereocenters. The molecule has 1 N–H and O–H groups in total. The van der Waals surface area contributed by atoms with Gasteiger partial charge in [-0.05, 0) is 36.9 Å². The van der Waals surface area contributed by atoms with Crippen LogP contribution >= 0.6 is 0 Å². The number of hydrogen-bond acceptors (Lipinski definition) is 6. The summed E-state index contributed by atoms with van der Waals surface area (Å²) < 4.78 is 57.5. The topological polar surface area (TPSA) is 69.0 Å². The van der Waals surface area contributed by atoms with Gasteiger partial charge >= 0.3 is 6.18 Å². The van der Waals surface area contributed by atoms with Crippen LogP contribution < -0.4 is 9.47 Å².